The Morgan fingerprint density at radius 3 is 2.13 bits per heavy atom. The number of hydrogen-bond donors (Lipinski definition) is 1. The molecule has 1 N–H and O–H groups in total. The maximum absolute atomic E-state index is 12.5. The Morgan fingerprint density at radius 2 is 1.47 bits per heavy atom. The average Bonchev–Trinajstić information content (AvgIpc) is 3.73. The number of allylic oxidation sites excluding steroid dienone is 1. The van der Waals surface area contributed by atoms with Crippen LogP contribution >= 0.6 is 10.6 Å². The summed E-state index contributed by atoms with van der Waals surface area (Å²) in [5.41, 5.74) is 2.98. The Labute approximate surface area is 276 Å². The van der Waals surface area contributed by atoms with Crippen LogP contribution in [0.1, 0.15) is 50.3 Å². The van der Waals surface area contributed by atoms with Crippen molar-refractivity contribution in [3.8, 4) is 11.5 Å². The zero-order valence-electron chi connectivity index (χ0n) is 26.9. The van der Waals surface area contributed by atoms with Crippen molar-refractivity contribution in [3.05, 3.63) is 89.5 Å². The van der Waals surface area contributed by atoms with Gasteiger partial charge in [0.25, 0.3) is 0 Å². The molecule has 47 heavy (non-hydrogen) atoms. The third kappa shape index (κ3) is 7.41. The zero-order chi connectivity index (χ0) is 33.0. The van der Waals surface area contributed by atoms with Gasteiger partial charge in [-0.05, 0) is 100 Å². The molecule has 3 aromatic carbocycles. The van der Waals surface area contributed by atoms with Gasteiger partial charge in [-0.2, -0.15) is 0 Å². The SMILES string of the molecule is CC(C)(C)OC(=O)NCCOc1ccc(C2=C(Cc3ccc(OCCN4CCCC4)cc3)c3ccccc3S23OC(=O)C(=O)O3)cc1. The lowest BCUT2D eigenvalue weighted by atomic mass is 9.96. The molecule has 248 valence electrons. The van der Waals surface area contributed by atoms with Crippen LogP contribution in [-0.2, 0) is 29.1 Å². The smallest absolute Gasteiger partial charge is 0.442 e. The van der Waals surface area contributed by atoms with Crippen LogP contribution in [0.5, 0.6) is 11.5 Å². The van der Waals surface area contributed by atoms with Gasteiger partial charge in [0.05, 0.1) is 16.3 Å². The van der Waals surface area contributed by atoms with Gasteiger partial charge in [0.15, 0.2) is 0 Å². The van der Waals surface area contributed by atoms with Crippen LogP contribution in [0.2, 0.25) is 0 Å². The fraction of sp³-hybridized carbons (Fsp3) is 0.361. The number of rotatable bonds is 11. The molecule has 3 heterocycles. The largest absolute Gasteiger partial charge is 0.492 e. The summed E-state index contributed by atoms with van der Waals surface area (Å²) in [6.45, 7) is 9.75. The van der Waals surface area contributed by atoms with Gasteiger partial charge in [-0.25, -0.2) is 14.4 Å². The number of nitrogens with zero attached hydrogens (tertiary/aromatic N) is 1. The average molecular weight is 661 g/mol. The second-order valence-electron chi connectivity index (χ2n) is 12.6. The number of hydrogen-bond acceptors (Lipinski definition) is 9. The summed E-state index contributed by atoms with van der Waals surface area (Å²) in [6, 6.07) is 23.0. The molecular weight excluding hydrogens is 620 g/mol. The molecule has 3 aliphatic heterocycles. The molecule has 6 rings (SSSR count). The van der Waals surface area contributed by atoms with E-state index in [4.69, 9.17) is 22.6 Å². The highest BCUT2D eigenvalue weighted by atomic mass is 32.3. The van der Waals surface area contributed by atoms with Crippen LogP contribution in [0.15, 0.2) is 77.7 Å². The molecular formula is C36H40N2O8S. The van der Waals surface area contributed by atoms with E-state index in [0.29, 0.717) is 28.6 Å². The summed E-state index contributed by atoms with van der Waals surface area (Å²) in [6.07, 6.45) is 2.51. The molecule has 2 saturated heterocycles. The van der Waals surface area contributed by atoms with Crippen LogP contribution in [0, 0.1) is 0 Å². The first-order valence-electron chi connectivity index (χ1n) is 15.9. The van der Waals surface area contributed by atoms with E-state index in [9.17, 15) is 14.4 Å². The van der Waals surface area contributed by atoms with Crippen LogP contribution in [0.4, 0.5) is 4.79 Å². The number of alkyl carbamates (subject to hydrolysis) is 1. The quantitative estimate of drug-likeness (QED) is 0.188. The van der Waals surface area contributed by atoms with E-state index in [2.05, 4.69) is 10.2 Å². The third-order valence-electron chi connectivity index (χ3n) is 7.93. The van der Waals surface area contributed by atoms with Crippen molar-refractivity contribution in [1.82, 2.24) is 10.2 Å². The lowest BCUT2D eigenvalue weighted by Gasteiger charge is -2.34. The Morgan fingerprint density at radius 1 is 0.851 bits per heavy atom. The van der Waals surface area contributed by atoms with E-state index in [-0.39, 0.29) is 13.2 Å². The first kappa shape index (κ1) is 32.5. The second kappa shape index (κ2) is 13.7. The molecule has 0 bridgehead atoms. The predicted molar refractivity (Wildman–Crippen MR) is 179 cm³/mol. The first-order chi connectivity index (χ1) is 22.6. The number of ether oxygens (including phenoxy) is 3. The summed E-state index contributed by atoms with van der Waals surface area (Å²) >= 11 is 0. The molecule has 0 saturated carbocycles. The minimum absolute atomic E-state index is 0.236. The molecule has 0 aromatic heterocycles. The molecule has 0 unspecified atom stereocenters. The molecule has 3 aromatic rings. The molecule has 3 aliphatic rings. The van der Waals surface area contributed by atoms with Crippen molar-refractivity contribution in [1.29, 1.82) is 0 Å². The molecule has 0 aliphatic carbocycles. The lowest BCUT2D eigenvalue weighted by molar-refractivity contribution is -0.150. The molecule has 10 nitrogen and oxygen atoms in total. The van der Waals surface area contributed by atoms with Gasteiger partial charge < -0.3 is 27.9 Å². The summed E-state index contributed by atoms with van der Waals surface area (Å²) in [7, 11) is -2.88. The molecule has 0 radical (unpaired) electrons. The van der Waals surface area contributed by atoms with E-state index in [0.717, 1.165) is 47.6 Å². The van der Waals surface area contributed by atoms with Crippen LogP contribution in [-0.4, -0.2) is 67.9 Å². The molecule has 11 heteroatoms. The number of likely N-dealkylation sites (tertiary alicyclic amines) is 1. The molecule has 2 fully saturated rings. The predicted octanol–water partition coefficient (Wildman–Crippen LogP) is 6.28. The molecule has 1 amide bonds. The molecule has 0 atom stereocenters. The second-order valence-corrected chi connectivity index (χ2v) is 14.8. The molecule has 1 spiro atoms. The van der Waals surface area contributed by atoms with Crippen molar-refractivity contribution in [3.63, 3.8) is 0 Å². The fourth-order valence-electron chi connectivity index (χ4n) is 5.87. The van der Waals surface area contributed by atoms with Gasteiger partial charge in [0.2, 0.25) is 0 Å². The number of benzene rings is 3. The summed E-state index contributed by atoms with van der Waals surface area (Å²) in [5, 5.41) is 2.67. The van der Waals surface area contributed by atoms with Gasteiger partial charge in [-0.3, -0.25) is 4.90 Å². The Bertz CT molecular complexity index is 1640. The maximum Gasteiger partial charge on any atom is 0.442 e. The summed E-state index contributed by atoms with van der Waals surface area (Å²) in [5.74, 6) is -0.600. The highest BCUT2D eigenvalue weighted by molar-refractivity contribution is 8.35. The van der Waals surface area contributed by atoms with Gasteiger partial charge in [0.1, 0.15) is 30.3 Å². The van der Waals surface area contributed by atoms with Crippen molar-refractivity contribution in [2.45, 2.75) is 50.5 Å². The normalized spacial score (nSPS) is 17.7. The van der Waals surface area contributed by atoms with Gasteiger partial charge in [-0.15, -0.1) is 0 Å². The van der Waals surface area contributed by atoms with Crippen molar-refractivity contribution in [2.24, 2.45) is 0 Å². The summed E-state index contributed by atoms with van der Waals surface area (Å²) < 4.78 is 28.8. The van der Waals surface area contributed by atoms with Crippen LogP contribution < -0.4 is 14.8 Å². The lowest BCUT2D eigenvalue weighted by Crippen LogP contribution is -2.34. The minimum atomic E-state index is -2.88. The van der Waals surface area contributed by atoms with E-state index >= 15 is 0 Å². The van der Waals surface area contributed by atoms with Gasteiger partial charge >= 0.3 is 18.0 Å². The van der Waals surface area contributed by atoms with Crippen LogP contribution in [0.25, 0.3) is 10.5 Å². The number of nitrogens with one attached hydrogen (secondary N) is 1. The maximum atomic E-state index is 12.5. The van der Waals surface area contributed by atoms with E-state index in [1.807, 2.05) is 60.7 Å². The standard InChI is InChI=1S/C36H40N2O8S/c1-36(2,3)44-35(41)37-18-22-42-28-16-12-26(13-17-28)32-30(29-8-4-5-9-31(29)47(32)45-33(39)34(40)46-47)24-25-10-14-27(15-11-25)43-23-21-38-19-6-7-20-38/h4-5,8-17H,6-7,18-24H2,1-3H3,(H,37,41). The van der Waals surface area contributed by atoms with E-state index in [1.165, 1.54) is 12.8 Å². The highest BCUT2D eigenvalue weighted by Gasteiger charge is 2.52. The number of carbonyl (C=O) groups is 3. The monoisotopic (exact) mass is 660 g/mol. The summed E-state index contributed by atoms with van der Waals surface area (Å²) in [4.78, 5) is 40.8. The van der Waals surface area contributed by atoms with Crippen LogP contribution in [0.3, 0.4) is 0 Å². The zero-order valence-corrected chi connectivity index (χ0v) is 27.7. The third-order valence-corrected chi connectivity index (χ3v) is 10.7. The van der Waals surface area contributed by atoms with Gasteiger partial charge in [0, 0.05) is 24.1 Å². The highest BCUT2D eigenvalue weighted by Crippen LogP contribution is 2.76. The van der Waals surface area contributed by atoms with E-state index in [1.54, 1.807) is 32.9 Å². The topological polar surface area (TPSA) is 113 Å². The first-order valence-corrected chi connectivity index (χ1v) is 17.4. The van der Waals surface area contributed by atoms with Gasteiger partial charge in [-0.1, -0.05) is 40.9 Å². The number of fused-ring (bicyclic) bond motifs is 2. The Balaban J connectivity index is 1.22. The van der Waals surface area contributed by atoms with Crippen molar-refractivity contribution < 1.29 is 37.0 Å². The fourth-order valence-corrected chi connectivity index (χ4v) is 8.72. The Kier molecular flexibility index (Phi) is 9.47. The number of amides is 1. The van der Waals surface area contributed by atoms with Crippen molar-refractivity contribution >= 4 is 39.1 Å². The minimum Gasteiger partial charge on any atom is -0.492 e. The van der Waals surface area contributed by atoms with E-state index < -0.39 is 34.2 Å². The number of carbonyl (C=O) groups excluding carboxylic acids is 3. The van der Waals surface area contributed by atoms with Crippen molar-refractivity contribution in [2.75, 3.05) is 39.4 Å². The Hall–Kier alpha value is -4.48.